The number of allylic oxidation sites excluding steroid dienone is 3. The predicted molar refractivity (Wildman–Crippen MR) is 66.6 cm³/mol. The highest BCUT2D eigenvalue weighted by molar-refractivity contribution is 6.07. The van der Waals surface area contributed by atoms with E-state index in [9.17, 15) is 4.79 Å². The molecule has 2 aliphatic rings. The number of nitrogens with zero attached hydrogens (tertiary/aromatic N) is 2. The molecule has 0 atom stereocenters. The number of carbonyl (C=O) groups excluding carboxylic acids is 1. The van der Waals surface area contributed by atoms with Gasteiger partial charge in [-0.3, -0.25) is 0 Å². The summed E-state index contributed by atoms with van der Waals surface area (Å²) in [5, 5.41) is 0. The fourth-order valence-electron chi connectivity index (χ4n) is 1.92. The van der Waals surface area contributed by atoms with Gasteiger partial charge in [0.1, 0.15) is 6.54 Å². The lowest BCUT2D eigenvalue weighted by molar-refractivity contribution is -0.132. The summed E-state index contributed by atoms with van der Waals surface area (Å²) in [6.45, 7) is 2.14. The second-order valence-corrected chi connectivity index (χ2v) is 4.41. The van der Waals surface area contributed by atoms with Crippen LogP contribution in [-0.4, -0.2) is 37.4 Å². The van der Waals surface area contributed by atoms with Gasteiger partial charge < -0.3 is 9.64 Å². The number of hydrogen-bond donors (Lipinski definition) is 0. The Morgan fingerprint density at radius 1 is 1.47 bits per heavy atom. The highest BCUT2D eigenvalue weighted by atomic mass is 16.6. The zero-order valence-electron chi connectivity index (χ0n) is 10.4. The van der Waals surface area contributed by atoms with Crippen LogP contribution in [0.4, 0.5) is 0 Å². The SMILES string of the molecule is CC1=CC(=CN(C)C)CC=C1C1=NCC(=O)O1. The molecule has 0 spiro atoms. The highest BCUT2D eigenvalue weighted by Crippen LogP contribution is 2.25. The molecule has 17 heavy (non-hydrogen) atoms. The third-order valence-corrected chi connectivity index (χ3v) is 2.59. The lowest BCUT2D eigenvalue weighted by Gasteiger charge is -2.15. The number of ether oxygens (including phenoxy) is 1. The maximum atomic E-state index is 11.0. The molecule has 0 radical (unpaired) electrons. The van der Waals surface area contributed by atoms with E-state index < -0.39 is 0 Å². The summed E-state index contributed by atoms with van der Waals surface area (Å²) in [5.41, 5.74) is 3.26. The Morgan fingerprint density at radius 2 is 2.24 bits per heavy atom. The first-order chi connectivity index (χ1) is 8.06. The van der Waals surface area contributed by atoms with Crippen molar-refractivity contribution in [2.45, 2.75) is 13.3 Å². The number of aliphatic imine (C=N–C) groups is 1. The summed E-state index contributed by atoms with van der Waals surface area (Å²) < 4.78 is 5.06. The number of carbonyl (C=O) groups is 1. The maximum absolute atomic E-state index is 11.0. The first kappa shape index (κ1) is 11.6. The molecular weight excluding hydrogens is 216 g/mol. The van der Waals surface area contributed by atoms with E-state index in [1.165, 1.54) is 5.57 Å². The van der Waals surface area contributed by atoms with E-state index in [0.717, 1.165) is 17.6 Å². The van der Waals surface area contributed by atoms with Crippen molar-refractivity contribution in [3.05, 3.63) is 35.1 Å². The van der Waals surface area contributed by atoms with Gasteiger partial charge in [-0.05, 0) is 24.5 Å². The van der Waals surface area contributed by atoms with Crippen LogP contribution in [-0.2, 0) is 9.53 Å². The molecule has 0 aromatic heterocycles. The molecule has 1 aliphatic heterocycles. The lowest BCUT2D eigenvalue weighted by Crippen LogP contribution is -2.11. The predicted octanol–water partition coefficient (Wildman–Crippen LogP) is 1.66. The molecule has 0 saturated heterocycles. The molecule has 4 nitrogen and oxygen atoms in total. The average Bonchev–Trinajstić information content (AvgIpc) is 2.64. The van der Waals surface area contributed by atoms with Crippen LogP contribution in [0.25, 0.3) is 0 Å². The molecule has 90 valence electrons. The van der Waals surface area contributed by atoms with Gasteiger partial charge in [0.15, 0.2) is 0 Å². The van der Waals surface area contributed by atoms with Gasteiger partial charge in [0, 0.05) is 25.9 Å². The zero-order chi connectivity index (χ0) is 12.4. The van der Waals surface area contributed by atoms with Gasteiger partial charge in [0.25, 0.3) is 0 Å². The van der Waals surface area contributed by atoms with E-state index in [1.54, 1.807) is 0 Å². The number of esters is 1. The Hall–Kier alpha value is -1.84. The Labute approximate surface area is 101 Å². The topological polar surface area (TPSA) is 41.9 Å². The standard InChI is InChI=1S/C13H16N2O2/c1-9-6-10(8-15(2)3)4-5-11(9)13-14-7-12(16)17-13/h5-6,8H,4,7H2,1-3H3. The van der Waals surface area contributed by atoms with Gasteiger partial charge in [0.2, 0.25) is 5.90 Å². The van der Waals surface area contributed by atoms with Gasteiger partial charge in [-0.15, -0.1) is 0 Å². The van der Waals surface area contributed by atoms with Crippen LogP contribution in [0.3, 0.4) is 0 Å². The maximum Gasteiger partial charge on any atom is 0.334 e. The molecule has 0 unspecified atom stereocenters. The zero-order valence-corrected chi connectivity index (χ0v) is 10.4. The summed E-state index contributed by atoms with van der Waals surface area (Å²) in [6.07, 6.45) is 7.08. The molecule has 2 rings (SSSR count). The first-order valence-electron chi connectivity index (χ1n) is 5.57. The molecular formula is C13H16N2O2. The van der Waals surface area contributed by atoms with Crippen LogP contribution in [0, 0.1) is 0 Å². The lowest BCUT2D eigenvalue weighted by atomic mass is 9.96. The summed E-state index contributed by atoms with van der Waals surface area (Å²) in [4.78, 5) is 17.1. The van der Waals surface area contributed by atoms with Crippen molar-refractivity contribution in [3.63, 3.8) is 0 Å². The minimum absolute atomic E-state index is 0.139. The molecule has 0 N–H and O–H groups in total. The molecule has 1 aliphatic carbocycles. The Balaban J connectivity index is 2.17. The number of rotatable bonds is 2. The van der Waals surface area contributed by atoms with Crippen LogP contribution in [0.2, 0.25) is 0 Å². The van der Waals surface area contributed by atoms with Gasteiger partial charge in [-0.25, -0.2) is 9.79 Å². The smallest absolute Gasteiger partial charge is 0.334 e. The molecule has 0 aromatic carbocycles. The van der Waals surface area contributed by atoms with E-state index in [4.69, 9.17) is 4.74 Å². The van der Waals surface area contributed by atoms with Crippen molar-refractivity contribution >= 4 is 11.9 Å². The molecule has 0 fully saturated rings. The van der Waals surface area contributed by atoms with E-state index in [2.05, 4.69) is 23.3 Å². The average molecular weight is 232 g/mol. The van der Waals surface area contributed by atoms with Crippen molar-refractivity contribution in [2.75, 3.05) is 20.6 Å². The molecule has 0 amide bonds. The highest BCUT2D eigenvalue weighted by Gasteiger charge is 2.22. The molecule has 0 saturated carbocycles. The molecule has 0 bridgehead atoms. The molecule has 4 heteroatoms. The Morgan fingerprint density at radius 3 is 2.76 bits per heavy atom. The van der Waals surface area contributed by atoms with Crippen LogP contribution in [0.1, 0.15) is 13.3 Å². The Bertz CT molecular complexity index is 468. The van der Waals surface area contributed by atoms with Gasteiger partial charge in [0.05, 0.1) is 0 Å². The van der Waals surface area contributed by atoms with E-state index >= 15 is 0 Å². The van der Waals surface area contributed by atoms with Crippen LogP contribution < -0.4 is 0 Å². The van der Waals surface area contributed by atoms with Gasteiger partial charge in [-0.1, -0.05) is 12.2 Å². The number of cyclic esters (lactones) is 1. The quantitative estimate of drug-likeness (QED) is 0.680. The number of hydrogen-bond acceptors (Lipinski definition) is 4. The van der Waals surface area contributed by atoms with E-state index in [1.807, 2.05) is 25.9 Å². The minimum Gasteiger partial charge on any atom is -0.406 e. The van der Waals surface area contributed by atoms with Crippen molar-refractivity contribution < 1.29 is 9.53 Å². The third-order valence-electron chi connectivity index (χ3n) is 2.59. The fraction of sp³-hybridized carbons (Fsp3) is 0.385. The van der Waals surface area contributed by atoms with Crippen molar-refractivity contribution in [1.82, 2.24) is 4.90 Å². The van der Waals surface area contributed by atoms with Gasteiger partial charge >= 0.3 is 5.97 Å². The summed E-state index contributed by atoms with van der Waals surface area (Å²) >= 11 is 0. The summed E-state index contributed by atoms with van der Waals surface area (Å²) in [5.74, 6) is 0.191. The minimum atomic E-state index is -0.275. The largest absolute Gasteiger partial charge is 0.406 e. The summed E-state index contributed by atoms with van der Waals surface area (Å²) in [7, 11) is 4.00. The van der Waals surface area contributed by atoms with Crippen LogP contribution in [0.5, 0.6) is 0 Å². The first-order valence-corrected chi connectivity index (χ1v) is 5.57. The normalized spacial score (nSPS) is 21.9. The van der Waals surface area contributed by atoms with Crippen molar-refractivity contribution in [1.29, 1.82) is 0 Å². The van der Waals surface area contributed by atoms with E-state index in [-0.39, 0.29) is 12.5 Å². The second kappa shape index (κ2) is 4.57. The van der Waals surface area contributed by atoms with E-state index in [0.29, 0.717) is 5.90 Å². The van der Waals surface area contributed by atoms with Crippen LogP contribution in [0.15, 0.2) is 40.1 Å². The fourth-order valence-corrected chi connectivity index (χ4v) is 1.92. The van der Waals surface area contributed by atoms with Crippen molar-refractivity contribution in [3.8, 4) is 0 Å². The van der Waals surface area contributed by atoms with Crippen molar-refractivity contribution in [2.24, 2.45) is 4.99 Å². The van der Waals surface area contributed by atoms with Gasteiger partial charge in [-0.2, -0.15) is 0 Å². The second-order valence-electron chi connectivity index (χ2n) is 4.41. The van der Waals surface area contributed by atoms with Crippen LogP contribution >= 0.6 is 0 Å². The molecule has 0 aromatic rings. The Kier molecular flexibility index (Phi) is 3.13. The monoisotopic (exact) mass is 232 g/mol. The summed E-state index contributed by atoms with van der Waals surface area (Å²) in [6, 6.07) is 0. The molecule has 1 heterocycles. The third kappa shape index (κ3) is 2.64.